The molecule has 1 aromatic heterocycles. The van der Waals surface area contributed by atoms with Gasteiger partial charge in [0, 0.05) is 37.4 Å². The summed E-state index contributed by atoms with van der Waals surface area (Å²) in [4.78, 5) is 48.5. The zero-order chi connectivity index (χ0) is 28.2. The van der Waals surface area contributed by atoms with Crippen LogP contribution in [0.3, 0.4) is 0 Å². The summed E-state index contributed by atoms with van der Waals surface area (Å²) >= 11 is 0. The molecule has 11 nitrogen and oxygen atoms in total. The number of hydrogen-bond acceptors (Lipinski definition) is 9. The topological polar surface area (TPSA) is 183 Å². The van der Waals surface area contributed by atoms with Gasteiger partial charge in [0.15, 0.2) is 17.3 Å². The van der Waals surface area contributed by atoms with E-state index < -0.39 is 28.7 Å². The number of carbonyl (C=O) groups excluding carboxylic acids is 3. The molecule has 0 radical (unpaired) electrons. The van der Waals surface area contributed by atoms with E-state index in [1.165, 1.54) is 6.07 Å². The number of anilines is 1. The molecule has 39 heavy (non-hydrogen) atoms. The molecule has 1 aliphatic heterocycles. The van der Waals surface area contributed by atoms with Crippen molar-refractivity contribution in [2.75, 3.05) is 26.0 Å². The minimum absolute atomic E-state index is 0.00137. The van der Waals surface area contributed by atoms with Crippen molar-refractivity contribution in [2.24, 2.45) is 10.7 Å². The first-order valence-corrected chi connectivity index (χ1v) is 12.7. The summed E-state index contributed by atoms with van der Waals surface area (Å²) in [5.41, 5.74) is 10.1. The minimum Gasteiger partial charge on any atom is -0.463 e. The summed E-state index contributed by atoms with van der Waals surface area (Å²) in [5, 5.41) is 12.1. The van der Waals surface area contributed by atoms with Crippen LogP contribution in [0.25, 0.3) is 0 Å². The standard InChI is InChI=1S/C28H33N5O6/c1-17(15-21(33-26(30)31-2)18-10-12-32-22(29)16-18)9-11-27-23(35)19-7-3-4-8-20(19)24(36)28(27,39-27)25(37)38-14-6-5-13-34/h3-4,7-10,12,16,21,34H,5-6,11,13-15H2,1-2H3,(H2,29,32)(H3,30,31,33). The van der Waals surface area contributed by atoms with Gasteiger partial charge in [0.25, 0.3) is 5.60 Å². The molecule has 206 valence electrons. The quantitative estimate of drug-likeness (QED) is 0.0630. The van der Waals surface area contributed by atoms with Crippen molar-refractivity contribution in [1.82, 2.24) is 10.3 Å². The number of esters is 1. The van der Waals surface area contributed by atoms with E-state index in [1.807, 2.05) is 13.0 Å². The Kier molecular flexibility index (Phi) is 8.12. The number of ether oxygens (including phenoxy) is 2. The number of aliphatic imine (C=N–C) groups is 1. The third-order valence-corrected chi connectivity index (χ3v) is 7.06. The normalized spacial score (nSPS) is 23.1. The van der Waals surface area contributed by atoms with Crippen LogP contribution in [-0.2, 0) is 14.3 Å². The zero-order valence-corrected chi connectivity index (χ0v) is 22.0. The summed E-state index contributed by atoms with van der Waals surface area (Å²) in [5.74, 6) is -1.33. The highest BCUT2D eigenvalue weighted by Gasteiger charge is 2.85. The van der Waals surface area contributed by atoms with Gasteiger partial charge in [-0.1, -0.05) is 35.9 Å². The first-order valence-electron chi connectivity index (χ1n) is 12.7. The lowest BCUT2D eigenvalue weighted by atomic mass is 9.72. The second-order valence-electron chi connectivity index (χ2n) is 9.66. The van der Waals surface area contributed by atoms with Crippen LogP contribution in [0.5, 0.6) is 0 Å². The Morgan fingerprint density at radius 3 is 2.62 bits per heavy atom. The van der Waals surface area contributed by atoms with Gasteiger partial charge in [0.1, 0.15) is 5.82 Å². The summed E-state index contributed by atoms with van der Waals surface area (Å²) in [6.45, 7) is 1.83. The van der Waals surface area contributed by atoms with E-state index in [9.17, 15) is 14.4 Å². The summed E-state index contributed by atoms with van der Waals surface area (Å²) in [6.07, 6.45) is 4.69. The third-order valence-electron chi connectivity index (χ3n) is 7.06. The van der Waals surface area contributed by atoms with E-state index >= 15 is 0 Å². The van der Waals surface area contributed by atoms with Gasteiger partial charge >= 0.3 is 5.97 Å². The first kappa shape index (κ1) is 27.9. The van der Waals surface area contributed by atoms with Crippen LogP contribution in [0.1, 0.15) is 64.9 Å². The predicted molar refractivity (Wildman–Crippen MR) is 144 cm³/mol. The van der Waals surface area contributed by atoms with Gasteiger partial charge in [-0.2, -0.15) is 0 Å². The van der Waals surface area contributed by atoms with Crippen LogP contribution in [0.4, 0.5) is 5.82 Å². The molecule has 11 heteroatoms. The van der Waals surface area contributed by atoms with Gasteiger partial charge in [-0.15, -0.1) is 0 Å². The average Bonchev–Trinajstić information content (AvgIpc) is 3.64. The fraction of sp³-hybridized carbons (Fsp3) is 0.393. The number of nitrogens with one attached hydrogen (secondary N) is 1. The number of fused-ring (bicyclic) bond motifs is 2. The predicted octanol–water partition coefficient (Wildman–Crippen LogP) is 1.87. The number of epoxide rings is 1. The number of unbranched alkanes of at least 4 members (excludes halogenated alkanes) is 1. The molecule has 3 unspecified atom stereocenters. The molecular formula is C28H33N5O6. The highest BCUT2D eigenvalue weighted by molar-refractivity contribution is 6.32. The van der Waals surface area contributed by atoms with Crippen molar-refractivity contribution in [3.63, 3.8) is 0 Å². The number of aromatic nitrogens is 1. The third kappa shape index (κ3) is 5.15. The number of pyridine rings is 1. The van der Waals surface area contributed by atoms with Crippen molar-refractivity contribution in [1.29, 1.82) is 0 Å². The SMILES string of the molecule is CN=C(N)NC(CC(C)=CCC12OC1(C(=O)OCCCCO)C(=O)c1ccccc1C2=O)c1ccnc(N)c1. The van der Waals surface area contributed by atoms with Crippen LogP contribution in [-0.4, -0.2) is 65.0 Å². The minimum atomic E-state index is -2.04. The van der Waals surface area contributed by atoms with Crippen LogP contribution >= 0.6 is 0 Å². The fourth-order valence-electron chi connectivity index (χ4n) is 4.92. The van der Waals surface area contributed by atoms with Crippen LogP contribution in [0.2, 0.25) is 0 Å². The van der Waals surface area contributed by atoms with E-state index in [0.29, 0.717) is 25.1 Å². The van der Waals surface area contributed by atoms with E-state index in [2.05, 4.69) is 15.3 Å². The Morgan fingerprint density at radius 1 is 1.23 bits per heavy atom. The lowest BCUT2D eigenvalue weighted by Gasteiger charge is -2.24. The average molecular weight is 536 g/mol. The number of aliphatic hydroxyl groups excluding tert-OH is 1. The van der Waals surface area contributed by atoms with Gasteiger partial charge in [0.2, 0.25) is 5.78 Å². The lowest BCUT2D eigenvalue weighted by molar-refractivity contribution is -0.148. The van der Waals surface area contributed by atoms with E-state index in [-0.39, 0.29) is 42.8 Å². The smallest absolute Gasteiger partial charge is 0.350 e. The van der Waals surface area contributed by atoms with Gasteiger partial charge in [-0.3, -0.25) is 14.6 Å². The van der Waals surface area contributed by atoms with E-state index in [1.54, 1.807) is 43.6 Å². The van der Waals surface area contributed by atoms with Crippen molar-refractivity contribution in [3.8, 4) is 0 Å². The molecule has 2 aliphatic rings. The zero-order valence-electron chi connectivity index (χ0n) is 22.0. The molecule has 1 fully saturated rings. The number of nitrogens with two attached hydrogens (primary N) is 2. The van der Waals surface area contributed by atoms with Gasteiger partial charge < -0.3 is 31.4 Å². The number of ketones is 2. The number of guanidine groups is 1. The maximum absolute atomic E-state index is 13.7. The second-order valence-corrected chi connectivity index (χ2v) is 9.66. The van der Waals surface area contributed by atoms with Gasteiger partial charge in [0.05, 0.1) is 12.6 Å². The van der Waals surface area contributed by atoms with Crippen LogP contribution in [0, 0.1) is 0 Å². The number of nitrogens with zero attached hydrogens (tertiary/aromatic N) is 2. The Bertz CT molecular complexity index is 1340. The Balaban J connectivity index is 1.61. The number of hydrogen-bond donors (Lipinski definition) is 4. The highest BCUT2D eigenvalue weighted by Crippen LogP contribution is 2.58. The molecule has 2 aromatic rings. The molecule has 4 rings (SSSR count). The van der Waals surface area contributed by atoms with Crippen molar-refractivity contribution >= 4 is 29.3 Å². The molecule has 1 aliphatic carbocycles. The number of rotatable bonds is 11. The van der Waals surface area contributed by atoms with E-state index in [4.69, 9.17) is 26.0 Å². The number of Topliss-reactive ketones (excluding diaryl/α,β-unsaturated/α-hetero) is 2. The van der Waals surface area contributed by atoms with Gasteiger partial charge in [-0.05, 0) is 43.9 Å². The first-order chi connectivity index (χ1) is 18.7. The largest absolute Gasteiger partial charge is 0.463 e. The van der Waals surface area contributed by atoms with Crippen molar-refractivity contribution < 1.29 is 29.0 Å². The maximum Gasteiger partial charge on any atom is 0.350 e. The maximum atomic E-state index is 13.7. The van der Waals surface area contributed by atoms with Crippen molar-refractivity contribution in [2.45, 2.75) is 49.9 Å². The molecule has 0 spiro atoms. The number of nitrogen functional groups attached to an aromatic ring is 1. The Morgan fingerprint density at radius 2 is 1.95 bits per heavy atom. The monoisotopic (exact) mass is 535 g/mol. The fourth-order valence-corrected chi connectivity index (χ4v) is 4.92. The van der Waals surface area contributed by atoms with E-state index in [0.717, 1.165) is 11.1 Å². The summed E-state index contributed by atoms with van der Waals surface area (Å²) in [6, 6.07) is 9.61. The van der Waals surface area contributed by atoms with Crippen molar-refractivity contribution in [3.05, 3.63) is 70.9 Å². The molecular weight excluding hydrogens is 502 g/mol. The molecule has 1 saturated heterocycles. The Labute approximate surface area is 226 Å². The Hall–Kier alpha value is -4.09. The summed E-state index contributed by atoms with van der Waals surface area (Å²) < 4.78 is 11.2. The molecule has 1 aromatic carbocycles. The molecule has 0 amide bonds. The molecule has 3 atom stereocenters. The molecule has 0 bridgehead atoms. The molecule has 6 N–H and O–H groups in total. The molecule has 2 heterocycles. The lowest BCUT2D eigenvalue weighted by Crippen LogP contribution is -2.50. The van der Waals surface area contributed by atoms with Crippen LogP contribution < -0.4 is 16.8 Å². The van der Waals surface area contributed by atoms with Crippen LogP contribution in [0.15, 0.2) is 59.2 Å². The van der Waals surface area contributed by atoms with Gasteiger partial charge in [-0.25, -0.2) is 9.78 Å². The number of carbonyl (C=O) groups is 3. The number of benzene rings is 1. The highest BCUT2D eigenvalue weighted by atomic mass is 16.7. The second kappa shape index (κ2) is 11.3. The summed E-state index contributed by atoms with van der Waals surface area (Å²) in [7, 11) is 1.57. The number of aliphatic hydroxyl groups is 1. The molecule has 0 saturated carbocycles.